The average Bonchev–Trinajstić information content (AvgIpc) is 2.69. The summed E-state index contributed by atoms with van der Waals surface area (Å²) in [6, 6.07) is 12.1. The van der Waals surface area contributed by atoms with Gasteiger partial charge in [-0.3, -0.25) is 4.90 Å². The molecule has 1 heterocycles. The Hall–Kier alpha value is -0.820. The maximum atomic E-state index is 2.37. The SMILES string of the molecule is C[C]1CN1Cc1ccccc1. The molecule has 1 aromatic rings. The molecule has 1 aliphatic rings. The van der Waals surface area contributed by atoms with Crippen LogP contribution in [0.1, 0.15) is 12.5 Å². The van der Waals surface area contributed by atoms with E-state index in [1.165, 1.54) is 18.2 Å². The van der Waals surface area contributed by atoms with Crippen LogP contribution in [0.2, 0.25) is 0 Å². The van der Waals surface area contributed by atoms with Crippen molar-refractivity contribution in [3.63, 3.8) is 0 Å². The van der Waals surface area contributed by atoms with Crippen molar-refractivity contribution in [2.24, 2.45) is 0 Å². The summed E-state index contributed by atoms with van der Waals surface area (Å²) in [4.78, 5) is 2.37. The van der Waals surface area contributed by atoms with Crippen LogP contribution in [-0.4, -0.2) is 11.4 Å². The first kappa shape index (κ1) is 6.86. The number of nitrogens with zero attached hydrogens (tertiary/aromatic N) is 1. The van der Waals surface area contributed by atoms with Gasteiger partial charge in [0.15, 0.2) is 0 Å². The van der Waals surface area contributed by atoms with Crippen LogP contribution in [0.15, 0.2) is 30.3 Å². The molecule has 2 rings (SSSR count). The molecular formula is C10H12N. The first-order valence-electron chi connectivity index (χ1n) is 3.97. The smallest absolute Gasteiger partial charge is 0.0506 e. The van der Waals surface area contributed by atoms with Gasteiger partial charge in [-0.15, -0.1) is 0 Å². The Morgan fingerprint density at radius 1 is 1.27 bits per heavy atom. The van der Waals surface area contributed by atoms with Gasteiger partial charge >= 0.3 is 0 Å². The molecule has 0 N–H and O–H groups in total. The molecule has 57 valence electrons. The van der Waals surface area contributed by atoms with Gasteiger partial charge in [-0.2, -0.15) is 0 Å². The maximum absolute atomic E-state index is 2.37. The fraction of sp³-hybridized carbons (Fsp3) is 0.300. The fourth-order valence-electron chi connectivity index (χ4n) is 1.24. The minimum atomic E-state index is 1.09. The summed E-state index contributed by atoms with van der Waals surface area (Å²) < 4.78 is 0. The van der Waals surface area contributed by atoms with E-state index in [0.717, 1.165) is 6.54 Å². The molecule has 0 bridgehead atoms. The van der Waals surface area contributed by atoms with Crippen molar-refractivity contribution in [3.05, 3.63) is 41.9 Å². The summed E-state index contributed by atoms with van der Waals surface area (Å²) in [5, 5.41) is 0. The second-order valence-electron chi connectivity index (χ2n) is 3.08. The molecule has 0 amide bonds. The highest BCUT2D eigenvalue weighted by atomic mass is 15.3. The van der Waals surface area contributed by atoms with Crippen molar-refractivity contribution < 1.29 is 0 Å². The Morgan fingerprint density at radius 3 is 2.45 bits per heavy atom. The number of rotatable bonds is 2. The molecule has 0 spiro atoms. The van der Waals surface area contributed by atoms with Crippen LogP contribution < -0.4 is 0 Å². The lowest BCUT2D eigenvalue weighted by Gasteiger charge is -2.00. The average molecular weight is 146 g/mol. The van der Waals surface area contributed by atoms with Gasteiger partial charge < -0.3 is 0 Å². The number of hydrogen-bond donors (Lipinski definition) is 0. The summed E-state index contributed by atoms with van der Waals surface area (Å²) in [5.41, 5.74) is 1.41. The van der Waals surface area contributed by atoms with Gasteiger partial charge in [0.05, 0.1) is 6.04 Å². The van der Waals surface area contributed by atoms with Crippen LogP contribution in [0.4, 0.5) is 0 Å². The lowest BCUT2D eigenvalue weighted by atomic mass is 10.2. The third-order valence-corrected chi connectivity index (χ3v) is 2.07. The molecule has 11 heavy (non-hydrogen) atoms. The summed E-state index contributed by atoms with van der Waals surface area (Å²) in [5.74, 6) is 0. The van der Waals surface area contributed by atoms with E-state index in [4.69, 9.17) is 0 Å². The predicted octanol–water partition coefficient (Wildman–Crippen LogP) is 2.05. The molecular weight excluding hydrogens is 134 g/mol. The quantitative estimate of drug-likeness (QED) is 0.577. The zero-order chi connectivity index (χ0) is 7.68. The summed E-state index contributed by atoms with van der Waals surface area (Å²) in [7, 11) is 0. The van der Waals surface area contributed by atoms with Crippen molar-refractivity contribution in [3.8, 4) is 0 Å². The second-order valence-corrected chi connectivity index (χ2v) is 3.08. The lowest BCUT2D eigenvalue weighted by Crippen LogP contribution is -1.96. The largest absolute Gasteiger partial charge is 0.289 e. The van der Waals surface area contributed by atoms with E-state index in [9.17, 15) is 0 Å². The van der Waals surface area contributed by atoms with Crippen LogP contribution in [0.3, 0.4) is 0 Å². The molecule has 1 fully saturated rings. The highest BCUT2D eigenvalue weighted by Crippen LogP contribution is 2.26. The number of benzene rings is 1. The highest BCUT2D eigenvalue weighted by molar-refractivity contribution is 5.17. The Bertz CT molecular complexity index is 230. The first-order chi connectivity index (χ1) is 5.36. The van der Waals surface area contributed by atoms with Crippen molar-refractivity contribution >= 4 is 0 Å². The normalized spacial score (nSPS) is 23.5. The molecule has 1 heteroatoms. The molecule has 0 saturated carbocycles. The van der Waals surface area contributed by atoms with Crippen molar-refractivity contribution in [1.82, 2.24) is 4.90 Å². The highest BCUT2D eigenvalue weighted by Gasteiger charge is 2.29. The Morgan fingerprint density at radius 2 is 1.91 bits per heavy atom. The lowest BCUT2D eigenvalue weighted by molar-refractivity contribution is 0.555. The topological polar surface area (TPSA) is 3.01 Å². The van der Waals surface area contributed by atoms with E-state index in [-0.39, 0.29) is 0 Å². The molecule has 0 aromatic heterocycles. The van der Waals surface area contributed by atoms with E-state index in [0.29, 0.717) is 0 Å². The minimum absolute atomic E-state index is 1.09. The molecule has 1 unspecified atom stereocenters. The van der Waals surface area contributed by atoms with E-state index < -0.39 is 0 Å². The van der Waals surface area contributed by atoms with E-state index in [1.807, 2.05) is 0 Å². The number of hydrogen-bond acceptors (Lipinski definition) is 1. The van der Waals surface area contributed by atoms with Gasteiger partial charge in [-0.25, -0.2) is 0 Å². The van der Waals surface area contributed by atoms with Gasteiger partial charge in [-0.1, -0.05) is 30.3 Å². The van der Waals surface area contributed by atoms with Crippen LogP contribution in [0.5, 0.6) is 0 Å². The molecule has 0 aliphatic carbocycles. The third kappa shape index (κ3) is 1.60. The molecule has 1 atom stereocenters. The third-order valence-electron chi connectivity index (χ3n) is 2.07. The van der Waals surface area contributed by atoms with Crippen LogP contribution >= 0.6 is 0 Å². The summed E-state index contributed by atoms with van der Waals surface area (Å²) in [6.07, 6.45) is 0. The monoisotopic (exact) mass is 146 g/mol. The van der Waals surface area contributed by atoms with Gasteiger partial charge in [0.1, 0.15) is 0 Å². The zero-order valence-electron chi connectivity index (χ0n) is 6.75. The molecule has 1 radical (unpaired) electrons. The predicted molar refractivity (Wildman–Crippen MR) is 45.8 cm³/mol. The summed E-state index contributed by atoms with van der Waals surface area (Å²) >= 11 is 0. The van der Waals surface area contributed by atoms with Crippen LogP contribution in [0.25, 0.3) is 0 Å². The van der Waals surface area contributed by atoms with Crippen LogP contribution in [0, 0.1) is 6.04 Å². The minimum Gasteiger partial charge on any atom is -0.289 e. The maximum Gasteiger partial charge on any atom is 0.0506 e. The standard InChI is InChI=1S/C10H12N/c1-9-7-11(9)8-10-5-3-2-4-6-10/h2-6H,7-8H2,1H3. The van der Waals surface area contributed by atoms with Crippen molar-refractivity contribution in [1.29, 1.82) is 0 Å². The van der Waals surface area contributed by atoms with Crippen molar-refractivity contribution in [2.75, 3.05) is 6.54 Å². The Labute approximate surface area is 67.6 Å². The van der Waals surface area contributed by atoms with E-state index >= 15 is 0 Å². The summed E-state index contributed by atoms with van der Waals surface area (Å²) in [6.45, 7) is 4.46. The molecule has 1 aromatic carbocycles. The van der Waals surface area contributed by atoms with Gasteiger partial charge in [0, 0.05) is 13.1 Å². The zero-order valence-corrected chi connectivity index (χ0v) is 6.75. The van der Waals surface area contributed by atoms with E-state index in [2.05, 4.69) is 42.2 Å². The molecule has 1 aliphatic heterocycles. The Kier molecular flexibility index (Phi) is 1.66. The van der Waals surface area contributed by atoms with Gasteiger partial charge in [0.25, 0.3) is 0 Å². The Balaban J connectivity index is 1.97. The van der Waals surface area contributed by atoms with Gasteiger partial charge in [0.2, 0.25) is 0 Å². The first-order valence-corrected chi connectivity index (χ1v) is 3.97. The molecule has 1 nitrogen and oxygen atoms in total. The van der Waals surface area contributed by atoms with Gasteiger partial charge in [-0.05, 0) is 12.5 Å². The second kappa shape index (κ2) is 2.67. The van der Waals surface area contributed by atoms with E-state index in [1.54, 1.807) is 0 Å². The molecule has 1 saturated heterocycles. The van der Waals surface area contributed by atoms with Crippen molar-refractivity contribution in [2.45, 2.75) is 13.5 Å². The van der Waals surface area contributed by atoms with Crippen LogP contribution in [-0.2, 0) is 6.54 Å². The fourth-order valence-corrected chi connectivity index (χ4v) is 1.24.